The fourth-order valence-electron chi connectivity index (χ4n) is 2.21. The number of nitro benzene ring substituents is 1. The van der Waals surface area contributed by atoms with Crippen LogP contribution in [0.15, 0.2) is 6.07 Å². The standard InChI is InChI=1S/C11H11NO5/c1-5-3-7(13)6-4-8(17-2)11(14)10(9(5)6)12(15)16/h4-5,14H,3H2,1-2H3. The van der Waals surface area contributed by atoms with Crippen molar-refractivity contribution in [3.63, 3.8) is 0 Å². The summed E-state index contributed by atoms with van der Waals surface area (Å²) in [5.41, 5.74) is 0.162. The van der Waals surface area contributed by atoms with Crippen LogP contribution in [-0.2, 0) is 0 Å². The van der Waals surface area contributed by atoms with Crippen molar-refractivity contribution in [3.05, 3.63) is 27.3 Å². The summed E-state index contributed by atoms with van der Waals surface area (Å²) in [6.45, 7) is 1.72. The second kappa shape index (κ2) is 3.73. The number of phenols is 1. The maximum Gasteiger partial charge on any atom is 0.318 e. The summed E-state index contributed by atoms with van der Waals surface area (Å²) in [6.07, 6.45) is 0.225. The molecule has 1 atom stereocenters. The molecule has 0 spiro atoms. The molecule has 90 valence electrons. The quantitative estimate of drug-likeness (QED) is 0.627. The molecule has 6 nitrogen and oxygen atoms in total. The molecule has 1 unspecified atom stereocenters. The number of methoxy groups -OCH3 is 1. The van der Waals surface area contributed by atoms with E-state index in [4.69, 9.17) is 4.74 Å². The summed E-state index contributed by atoms with van der Waals surface area (Å²) in [5.74, 6) is -0.973. The molecule has 0 fully saturated rings. The summed E-state index contributed by atoms with van der Waals surface area (Å²) < 4.78 is 4.84. The third kappa shape index (κ3) is 1.52. The molecular formula is C11H11NO5. The highest BCUT2D eigenvalue weighted by Crippen LogP contribution is 2.48. The van der Waals surface area contributed by atoms with E-state index in [2.05, 4.69) is 0 Å². The molecule has 6 heteroatoms. The molecule has 1 aliphatic rings. The number of carbonyl (C=O) groups is 1. The summed E-state index contributed by atoms with van der Waals surface area (Å²) in [7, 11) is 1.29. The Morgan fingerprint density at radius 1 is 1.59 bits per heavy atom. The molecule has 2 rings (SSSR count). The molecule has 17 heavy (non-hydrogen) atoms. The summed E-state index contributed by atoms with van der Waals surface area (Å²) in [6, 6.07) is 1.36. The lowest BCUT2D eigenvalue weighted by Crippen LogP contribution is -2.00. The Morgan fingerprint density at radius 3 is 2.76 bits per heavy atom. The largest absolute Gasteiger partial charge is 0.500 e. The third-order valence-electron chi connectivity index (χ3n) is 2.97. The number of ketones is 1. The Bertz CT molecular complexity index is 523. The van der Waals surface area contributed by atoms with E-state index in [9.17, 15) is 20.0 Å². The average molecular weight is 237 g/mol. The number of hydrogen-bond donors (Lipinski definition) is 1. The molecule has 1 aliphatic carbocycles. The summed E-state index contributed by atoms with van der Waals surface area (Å²) in [4.78, 5) is 22.0. The topological polar surface area (TPSA) is 89.7 Å². The van der Waals surface area contributed by atoms with Gasteiger partial charge in [-0.1, -0.05) is 6.92 Å². The molecule has 0 amide bonds. The Morgan fingerprint density at radius 2 is 2.24 bits per heavy atom. The van der Waals surface area contributed by atoms with Crippen molar-refractivity contribution in [1.29, 1.82) is 0 Å². The van der Waals surface area contributed by atoms with Gasteiger partial charge in [0.1, 0.15) is 0 Å². The third-order valence-corrected chi connectivity index (χ3v) is 2.97. The summed E-state index contributed by atoms with van der Waals surface area (Å²) >= 11 is 0. The number of fused-ring (bicyclic) bond motifs is 1. The van der Waals surface area contributed by atoms with Crippen molar-refractivity contribution in [1.82, 2.24) is 0 Å². The van der Waals surface area contributed by atoms with Crippen LogP contribution < -0.4 is 4.74 Å². The first kappa shape index (κ1) is 11.4. The van der Waals surface area contributed by atoms with Crippen molar-refractivity contribution in [2.24, 2.45) is 0 Å². The minimum Gasteiger partial charge on any atom is -0.500 e. The molecule has 1 aromatic rings. The Balaban J connectivity index is 2.81. The highest BCUT2D eigenvalue weighted by molar-refractivity contribution is 6.03. The molecule has 1 aromatic carbocycles. The second-order valence-corrected chi connectivity index (χ2v) is 4.02. The van der Waals surface area contributed by atoms with Gasteiger partial charge in [-0.3, -0.25) is 14.9 Å². The Hall–Kier alpha value is -2.11. The number of nitro groups is 1. The minimum absolute atomic E-state index is 0.0436. The van der Waals surface area contributed by atoms with Gasteiger partial charge in [0.15, 0.2) is 11.5 Å². The normalized spacial score (nSPS) is 18.0. The van der Waals surface area contributed by atoms with Gasteiger partial charge < -0.3 is 9.84 Å². The van der Waals surface area contributed by atoms with Crippen LogP contribution in [0.2, 0.25) is 0 Å². The van der Waals surface area contributed by atoms with Crippen LogP contribution in [-0.4, -0.2) is 22.9 Å². The van der Waals surface area contributed by atoms with E-state index in [1.54, 1.807) is 6.92 Å². The van der Waals surface area contributed by atoms with Crippen LogP contribution in [0.3, 0.4) is 0 Å². The number of nitrogens with zero attached hydrogens (tertiary/aromatic N) is 1. The van der Waals surface area contributed by atoms with E-state index in [1.165, 1.54) is 13.2 Å². The number of rotatable bonds is 2. The monoisotopic (exact) mass is 237 g/mol. The van der Waals surface area contributed by atoms with Gasteiger partial charge in [-0.15, -0.1) is 0 Å². The molecule has 0 heterocycles. The van der Waals surface area contributed by atoms with Gasteiger partial charge in [-0.2, -0.15) is 0 Å². The van der Waals surface area contributed by atoms with Crippen LogP contribution >= 0.6 is 0 Å². The highest BCUT2D eigenvalue weighted by atomic mass is 16.6. The van der Waals surface area contributed by atoms with E-state index in [0.29, 0.717) is 5.56 Å². The number of ether oxygens (including phenoxy) is 1. The molecule has 0 aromatic heterocycles. The fourth-order valence-corrected chi connectivity index (χ4v) is 2.21. The smallest absolute Gasteiger partial charge is 0.318 e. The van der Waals surface area contributed by atoms with Crippen LogP contribution in [0.5, 0.6) is 11.5 Å². The van der Waals surface area contributed by atoms with E-state index < -0.39 is 16.4 Å². The lowest BCUT2D eigenvalue weighted by molar-refractivity contribution is -0.386. The molecular weight excluding hydrogens is 226 g/mol. The predicted octanol–water partition coefficient (Wildman–Crippen LogP) is 2.00. The molecule has 0 radical (unpaired) electrons. The second-order valence-electron chi connectivity index (χ2n) is 4.02. The molecule has 0 saturated heterocycles. The van der Waals surface area contributed by atoms with Gasteiger partial charge in [0, 0.05) is 17.5 Å². The zero-order chi connectivity index (χ0) is 12.7. The first-order valence-corrected chi connectivity index (χ1v) is 5.08. The lowest BCUT2D eigenvalue weighted by atomic mass is 10.00. The number of phenolic OH excluding ortho intramolecular Hbond substituents is 1. The van der Waals surface area contributed by atoms with Crippen molar-refractivity contribution >= 4 is 11.5 Å². The first-order valence-electron chi connectivity index (χ1n) is 5.08. The number of benzene rings is 1. The number of aromatic hydroxyl groups is 1. The van der Waals surface area contributed by atoms with E-state index in [-0.39, 0.29) is 29.4 Å². The summed E-state index contributed by atoms with van der Waals surface area (Å²) in [5, 5.41) is 20.7. The van der Waals surface area contributed by atoms with Gasteiger partial charge in [0.05, 0.1) is 12.0 Å². The number of hydrogen-bond acceptors (Lipinski definition) is 5. The predicted molar refractivity (Wildman–Crippen MR) is 58.7 cm³/mol. The lowest BCUT2D eigenvalue weighted by Gasteiger charge is -2.09. The van der Waals surface area contributed by atoms with Crippen LogP contribution in [0.4, 0.5) is 5.69 Å². The molecule has 0 saturated carbocycles. The van der Waals surface area contributed by atoms with Crippen molar-refractivity contribution in [3.8, 4) is 11.5 Å². The van der Waals surface area contributed by atoms with Gasteiger partial charge in [-0.05, 0) is 12.0 Å². The molecule has 0 bridgehead atoms. The van der Waals surface area contributed by atoms with Crippen molar-refractivity contribution in [2.45, 2.75) is 19.3 Å². The van der Waals surface area contributed by atoms with Gasteiger partial charge in [0.2, 0.25) is 5.75 Å². The van der Waals surface area contributed by atoms with E-state index in [0.717, 1.165) is 0 Å². The number of Topliss-reactive ketones (excluding diaryl/α,β-unsaturated/α-hetero) is 1. The first-order chi connectivity index (χ1) is 7.97. The maximum atomic E-state index is 11.7. The van der Waals surface area contributed by atoms with Crippen molar-refractivity contribution < 1.29 is 19.6 Å². The van der Waals surface area contributed by atoms with Crippen molar-refractivity contribution in [2.75, 3.05) is 7.11 Å². The minimum atomic E-state index is -0.675. The number of carbonyl (C=O) groups excluding carboxylic acids is 1. The Kier molecular flexibility index (Phi) is 2.49. The molecule has 0 aliphatic heterocycles. The van der Waals surface area contributed by atoms with Crippen LogP contribution in [0.25, 0.3) is 0 Å². The van der Waals surface area contributed by atoms with Crippen LogP contribution in [0.1, 0.15) is 35.2 Å². The zero-order valence-corrected chi connectivity index (χ0v) is 9.39. The maximum absolute atomic E-state index is 11.7. The average Bonchev–Trinajstić information content (AvgIpc) is 2.53. The molecule has 1 N–H and O–H groups in total. The fraction of sp³-hybridized carbons (Fsp3) is 0.364. The van der Waals surface area contributed by atoms with Gasteiger partial charge in [-0.25, -0.2) is 0 Å². The Labute approximate surface area is 97.0 Å². The van der Waals surface area contributed by atoms with Crippen LogP contribution in [0, 0.1) is 10.1 Å². The van der Waals surface area contributed by atoms with Gasteiger partial charge >= 0.3 is 5.69 Å². The SMILES string of the molecule is COc1cc2c(c([N+](=O)[O-])c1O)C(C)CC2=O. The zero-order valence-electron chi connectivity index (χ0n) is 9.39. The van der Waals surface area contributed by atoms with E-state index in [1.807, 2.05) is 0 Å². The van der Waals surface area contributed by atoms with Gasteiger partial charge in [0.25, 0.3) is 0 Å². The highest BCUT2D eigenvalue weighted by Gasteiger charge is 2.37. The van der Waals surface area contributed by atoms with E-state index >= 15 is 0 Å².